The lowest BCUT2D eigenvalue weighted by atomic mass is 10.0. The Balaban J connectivity index is 1.88. The zero-order chi connectivity index (χ0) is 15.4. The third kappa shape index (κ3) is 4.16. The van der Waals surface area contributed by atoms with Crippen LogP contribution in [0.4, 0.5) is 10.1 Å². The monoisotopic (exact) mass is 294 g/mol. The molecule has 2 rings (SSSR count). The molecule has 21 heavy (non-hydrogen) atoms. The summed E-state index contributed by atoms with van der Waals surface area (Å²) in [7, 11) is 0. The van der Waals surface area contributed by atoms with E-state index in [2.05, 4.69) is 5.32 Å². The Morgan fingerprint density at radius 1 is 1.33 bits per heavy atom. The molecule has 0 bridgehead atoms. The number of nitrogens with two attached hydrogens (primary N) is 2. The first-order valence-corrected chi connectivity index (χ1v) is 6.82. The second-order valence-electron chi connectivity index (χ2n) is 5.23. The summed E-state index contributed by atoms with van der Waals surface area (Å²) in [6, 6.07) is 3.97. The van der Waals surface area contributed by atoms with Crippen molar-refractivity contribution in [1.82, 2.24) is 10.2 Å². The minimum Gasteiger partial charge on any atom is -0.399 e. The van der Waals surface area contributed by atoms with Crippen molar-refractivity contribution in [2.24, 2.45) is 5.73 Å². The summed E-state index contributed by atoms with van der Waals surface area (Å²) in [4.78, 5) is 24.8. The summed E-state index contributed by atoms with van der Waals surface area (Å²) in [6.45, 7) is 1.59. The first-order valence-electron chi connectivity index (χ1n) is 6.82. The number of amides is 2. The second kappa shape index (κ2) is 6.53. The molecular formula is C14H19FN4O2. The summed E-state index contributed by atoms with van der Waals surface area (Å²) in [5.41, 5.74) is 10.9. The van der Waals surface area contributed by atoms with Crippen molar-refractivity contribution in [3.63, 3.8) is 0 Å². The highest BCUT2D eigenvalue weighted by molar-refractivity contribution is 5.95. The Kier molecular flexibility index (Phi) is 4.74. The number of hydrogen-bond donors (Lipinski definition) is 3. The van der Waals surface area contributed by atoms with Gasteiger partial charge in [0.1, 0.15) is 5.82 Å². The Bertz CT molecular complexity index is 542. The average molecular weight is 294 g/mol. The van der Waals surface area contributed by atoms with Gasteiger partial charge in [0.25, 0.3) is 5.91 Å². The van der Waals surface area contributed by atoms with Crippen LogP contribution < -0.4 is 16.8 Å². The number of benzene rings is 1. The van der Waals surface area contributed by atoms with Crippen molar-refractivity contribution >= 4 is 17.5 Å². The first-order chi connectivity index (χ1) is 9.95. The molecule has 6 nitrogen and oxygen atoms in total. The fourth-order valence-corrected chi connectivity index (χ4v) is 2.43. The molecule has 1 aromatic carbocycles. The zero-order valence-electron chi connectivity index (χ0n) is 11.6. The molecule has 1 aliphatic heterocycles. The Hall–Kier alpha value is -2.15. The molecule has 7 heteroatoms. The predicted octanol–water partition coefficient (Wildman–Crippen LogP) is 0.0874. The highest BCUT2D eigenvalue weighted by Crippen LogP contribution is 2.14. The quantitative estimate of drug-likeness (QED) is 0.685. The fourth-order valence-electron chi connectivity index (χ4n) is 2.43. The van der Waals surface area contributed by atoms with Crippen molar-refractivity contribution in [3.8, 4) is 0 Å². The van der Waals surface area contributed by atoms with Crippen LogP contribution in [-0.2, 0) is 4.79 Å². The highest BCUT2D eigenvalue weighted by Gasteiger charge is 2.22. The zero-order valence-corrected chi connectivity index (χ0v) is 11.6. The van der Waals surface area contributed by atoms with Crippen molar-refractivity contribution in [1.29, 1.82) is 0 Å². The summed E-state index contributed by atoms with van der Waals surface area (Å²) < 4.78 is 13.7. The van der Waals surface area contributed by atoms with Gasteiger partial charge in [0.05, 0.1) is 12.1 Å². The number of nitrogens with one attached hydrogen (secondary N) is 1. The predicted molar refractivity (Wildman–Crippen MR) is 76.9 cm³/mol. The summed E-state index contributed by atoms with van der Waals surface area (Å²) in [5.74, 6) is -1.43. The number of halogens is 1. The lowest BCUT2D eigenvalue weighted by molar-refractivity contribution is -0.119. The Morgan fingerprint density at radius 2 is 2.00 bits per heavy atom. The number of piperidine rings is 1. The number of likely N-dealkylation sites (tertiary alicyclic amines) is 1. The Morgan fingerprint density at radius 3 is 2.57 bits per heavy atom. The van der Waals surface area contributed by atoms with E-state index in [1.165, 1.54) is 12.1 Å². The molecule has 1 fully saturated rings. The molecule has 0 aromatic heterocycles. The van der Waals surface area contributed by atoms with E-state index in [9.17, 15) is 14.0 Å². The van der Waals surface area contributed by atoms with E-state index in [-0.39, 0.29) is 29.7 Å². The number of carbonyl (C=O) groups is 2. The number of nitrogen functional groups attached to an aromatic ring is 1. The molecule has 0 aliphatic carbocycles. The maximum atomic E-state index is 13.7. The molecule has 114 valence electrons. The topological polar surface area (TPSA) is 101 Å². The van der Waals surface area contributed by atoms with E-state index in [4.69, 9.17) is 11.5 Å². The molecule has 1 saturated heterocycles. The van der Waals surface area contributed by atoms with E-state index in [0.29, 0.717) is 25.9 Å². The number of hydrogen-bond acceptors (Lipinski definition) is 4. The molecule has 1 aliphatic rings. The molecule has 1 aromatic rings. The van der Waals surface area contributed by atoms with E-state index < -0.39 is 11.7 Å². The van der Waals surface area contributed by atoms with Gasteiger partial charge in [-0.25, -0.2) is 4.39 Å². The van der Waals surface area contributed by atoms with E-state index in [1.807, 2.05) is 4.90 Å². The lowest BCUT2D eigenvalue weighted by Gasteiger charge is -2.31. The van der Waals surface area contributed by atoms with Crippen LogP contribution in [0.25, 0.3) is 0 Å². The van der Waals surface area contributed by atoms with Gasteiger partial charge < -0.3 is 16.8 Å². The minimum atomic E-state index is -0.626. The standard InChI is InChI=1S/C14H19FN4O2/c15-12-7-9(16)1-2-11(12)14(21)18-10-3-5-19(6-4-10)8-13(17)20/h1-2,7,10H,3-6,8,16H2,(H2,17,20)(H,18,21). The van der Waals surface area contributed by atoms with Gasteiger partial charge in [-0.15, -0.1) is 0 Å². The molecule has 0 radical (unpaired) electrons. The number of rotatable bonds is 4. The molecule has 0 spiro atoms. The first kappa shape index (κ1) is 15.2. The smallest absolute Gasteiger partial charge is 0.254 e. The van der Waals surface area contributed by atoms with Crippen LogP contribution in [-0.4, -0.2) is 42.4 Å². The largest absolute Gasteiger partial charge is 0.399 e. The fraction of sp³-hybridized carbons (Fsp3) is 0.429. The van der Waals surface area contributed by atoms with Crippen LogP contribution >= 0.6 is 0 Å². The maximum absolute atomic E-state index is 13.7. The number of nitrogens with zero attached hydrogens (tertiary/aromatic N) is 1. The molecule has 5 N–H and O–H groups in total. The van der Waals surface area contributed by atoms with E-state index >= 15 is 0 Å². The molecule has 0 atom stereocenters. The van der Waals surface area contributed by atoms with Gasteiger partial charge >= 0.3 is 0 Å². The van der Waals surface area contributed by atoms with Crippen LogP contribution in [0, 0.1) is 5.82 Å². The third-order valence-electron chi connectivity index (χ3n) is 3.54. The normalized spacial score (nSPS) is 16.6. The van der Waals surface area contributed by atoms with E-state index in [1.54, 1.807) is 0 Å². The van der Waals surface area contributed by atoms with Gasteiger partial charge in [0, 0.05) is 24.8 Å². The summed E-state index contributed by atoms with van der Waals surface area (Å²) >= 11 is 0. The lowest BCUT2D eigenvalue weighted by Crippen LogP contribution is -2.46. The van der Waals surface area contributed by atoms with Crippen molar-refractivity contribution in [2.45, 2.75) is 18.9 Å². The molecule has 1 heterocycles. The Labute approximate surface area is 122 Å². The molecule has 0 saturated carbocycles. The van der Waals surface area contributed by atoms with Gasteiger partial charge in [-0.1, -0.05) is 0 Å². The van der Waals surface area contributed by atoms with Crippen molar-refractivity contribution in [2.75, 3.05) is 25.4 Å². The van der Waals surface area contributed by atoms with Crippen LogP contribution in [0.15, 0.2) is 18.2 Å². The van der Waals surface area contributed by atoms with E-state index in [0.717, 1.165) is 6.07 Å². The second-order valence-corrected chi connectivity index (χ2v) is 5.23. The maximum Gasteiger partial charge on any atom is 0.254 e. The van der Waals surface area contributed by atoms with Crippen molar-refractivity contribution in [3.05, 3.63) is 29.6 Å². The SMILES string of the molecule is NC(=O)CN1CCC(NC(=O)c2ccc(N)cc2F)CC1. The average Bonchev–Trinajstić information content (AvgIpc) is 2.40. The number of primary amides is 1. The summed E-state index contributed by atoms with van der Waals surface area (Å²) in [5, 5.41) is 2.81. The third-order valence-corrected chi connectivity index (χ3v) is 3.54. The van der Waals surface area contributed by atoms with Gasteiger partial charge in [-0.05, 0) is 31.0 Å². The van der Waals surface area contributed by atoms with Gasteiger partial charge in [-0.3, -0.25) is 14.5 Å². The van der Waals surface area contributed by atoms with Crippen molar-refractivity contribution < 1.29 is 14.0 Å². The number of carbonyl (C=O) groups excluding carboxylic acids is 2. The number of anilines is 1. The van der Waals surface area contributed by atoms with Crippen LogP contribution in [0.5, 0.6) is 0 Å². The molecule has 2 amide bonds. The highest BCUT2D eigenvalue weighted by atomic mass is 19.1. The van der Waals surface area contributed by atoms with Crippen LogP contribution in [0.2, 0.25) is 0 Å². The van der Waals surface area contributed by atoms with Crippen LogP contribution in [0.3, 0.4) is 0 Å². The van der Waals surface area contributed by atoms with Gasteiger partial charge in [0.2, 0.25) is 5.91 Å². The summed E-state index contributed by atoms with van der Waals surface area (Å²) in [6.07, 6.45) is 1.41. The van der Waals surface area contributed by atoms with Gasteiger partial charge in [-0.2, -0.15) is 0 Å². The van der Waals surface area contributed by atoms with Gasteiger partial charge in [0.15, 0.2) is 0 Å². The molecular weight excluding hydrogens is 275 g/mol. The van der Waals surface area contributed by atoms with Crippen LogP contribution in [0.1, 0.15) is 23.2 Å². The minimum absolute atomic E-state index is 0.0104. The molecule has 0 unspecified atom stereocenters.